The van der Waals surface area contributed by atoms with E-state index in [1.54, 1.807) is 6.07 Å². The van der Waals surface area contributed by atoms with E-state index in [0.29, 0.717) is 16.4 Å². The van der Waals surface area contributed by atoms with Gasteiger partial charge in [0.25, 0.3) is 0 Å². The molecule has 1 aliphatic heterocycles. The molecule has 0 saturated carbocycles. The molecule has 8 heteroatoms. The van der Waals surface area contributed by atoms with Gasteiger partial charge in [0.2, 0.25) is 5.88 Å². The summed E-state index contributed by atoms with van der Waals surface area (Å²) in [5.41, 5.74) is 2.85. The van der Waals surface area contributed by atoms with E-state index in [0.717, 1.165) is 36.0 Å². The first kappa shape index (κ1) is 16.8. The zero-order valence-corrected chi connectivity index (χ0v) is 14.1. The quantitative estimate of drug-likeness (QED) is 0.757. The van der Waals surface area contributed by atoms with Gasteiger partial charge in [0.05, 0.1) is 5.52 Å². The van der Waals surface area contributed by atoms with Gasteiger partial charge in [-0.05, 0) is 36.7 Å². The van der Waals surface area contributed by atoms with Crippen molar-refractivity contribution in [2.24, 2.45) is 0 Å². The summed E-state index contributed by atoms with van der Waals surface area (Å²) < 4.78 is 40.2. The van der Waals surface area contributed by atoms with Crippen LogP contribution >= 0.6 is 0 Å². The van der Waals surface area contributed by atoms with Crippen LogP contribution in [-0.2, 0) is 6.54 Å². The van der Waals surface area contributed by atoms with Gasteiger partial charge in [-0.2, -0.15) is 13.2 Å². The van der Waals surface area contributed by atoms with Gasteiger partial charge in [0, 0.05) is 18.5 Å². The maximum absolute atomic E-state index is 13.1. The molecule has 1 aliphatic rings. The molecule has 3 aromatic rings. The molecule has 4 rings (SSSR count). The molecule has 5 nitrogen and oxygen atoms in total. The summed E-state index contributed by atoms with van der Waals surface area (Å²) in [5, 5.41) is 10.6. The third kappa shape index (κ3) is 2.90. The Morgan fingerprint density at radius 3 is 2.73 bits per heavy atom. The molecule has 3 heterocycles. The molecular weight excluding hydrogens is 345 g/mol. The van der Waals surface area contributed by atoms with E-state index in [9.17, 15) is 18.3 Å². The van der Waals surface area contributed by atoms with Gasteiger partial charge in [-0.15, -0.1) is 0 Å². The monoisotopic (exact) mass is 362 g/mol. The Morgan fingerprint density at radius 1 is 1.23 bits per heavy atom. The molecule has 1 aromatic carbocycles. The largest absolute Gasteiger partial charge is 0.492 e. The number of aromatic hydroxyl groups is 1. The average molecular weight is 362 g/mol. The van der Waals surface area contributed by atoms with Gasteiger partial charge in [-0.3, -0.25) is 0 Å². The van der Waals surface area contributed by atoms with Gasteiger partial charge in [0.1, 0.15) is 23.9 Å². The molecule has 0 unspecified atom stereocenters. The van der Waals surface area contributed by atoms with E-state index < -0.39 is 18.6 Å². The Hall–Kier alpha value is -2.61. The Balaban J connectivity index is 1.94. The lowest BCUT2D eigenvalue weighted by Gasteiger charge is -2.22. The molecule has 0 fully saturated rings. The van der Waals surface area contributed by atoms with Crippen LogP contribution in [0.1, 0.15) is 12.0 Å². The molecule has 0 atom stereocenters. The topological polar surface area (TPSA) is 54.2 Å². The second-order valence-electron chi connectivity index (χ2n) is 6.57. The van der Waals surface area contributed by atoms with Crippen molar-refractivity contribution in [3.8, 4) is 5.88 Å². The van der Waals surface area contributed by atoms with E-state index in [2.05, 4.69) is 20.9 Å². The summed E-state index contributed by atoms with van der Waals surface area (Å²) in [6, 6.07) is 5.35. The lowest BCUT2D eigenvalue weighted by atomic mass is 9.98. The molecular formula is C18H17F3N4O. The van der Waals surface area contributed by atoms with Gasteiger partial charge in [-0.25, -0.2) is 9.97 Å². The van der Waals surface area contributed by atoms with Crippen molar-refractivity contribution < 1.29 is 18.3 Å². The predicted molar refractivity (Wildman–Crippen MR) is 92.8 cm³/mol. The SMILES string of the molecule is CN1CC=C(c2ccc3c(c2)c2ncnc(O)c2n3CC(F)(F)F)CC1. The molecule has 0 saturated heterocycles. The van der Waals surface area contributed by atoms with Crippen molar-refractivity contribution in [1.29, 1.82) is 0 Å². The number of hydrogen-bond donors (Lipinski definition) is 1. The third-order valence-corrected chi connectivity index (χ3v) is 4.74. The smallest absolute Gasteiger partial charge is 0.406 e. The number of hydrogen-bond acceptors (Lipinski definition) is 4. The normalized spacial score (nSPS) is 16.4. The van der Waals surface area contributed by atoms with Crippen LogP contribution in [0.4, 0.5) is 13.2 Å². The zero-order valence-electron chi connectivity index (χ0n) is 14.1. The van der Waals surface area contributed by atoms with Crippen molar-refractivity contribution in [3.63, 3.8) is 0 Å². The van der Waals surface area contributed by atoms with E-state index in [-0.39, 0.29) is 5.52 Å². The lowest BCUT2D eigenvalue weighted by molar-refractivity contribution is -0.139. The van der Waals surface area contributed by atoms with Crippen molar-refractivity contribution in [2.45, 2.75) is 19.1 Å². The zero-order chi connectivity index (χ0) is 18.5. The van der Waals surface area contributed by atoms with Gasteiger partial charge in [-0.1, -0.05) is 12.1 Å². The molecule has 26 heavy (non-hydrogen) atoms. The van der Waals surface area contributed by atoms with Crippen molar-refractivity contribution in [1.82, 2.24) is 19.4 Å². The van der Waals surface area contributed by atoms with Crippen LogP contribution in [0.3, 0.4) is 0 Å². The molecule has 1 N–H and O–H groups in total. The Bertz CT molecular complexity index is 1020. The van der Waals surface area contributed by atoms with E-state index >= 15 is 0 Å². The number of aromatic nitrogens is 3. The molecule has 0 spiro atoms. The molecule has 136 valence electrons. The van der Waals surface area contributed by atoms with Gasteiger partial charge >= 0.3 is 6.18 Å². The summed E-state index contributed by atoms with van der Waals surface area (Å²) in [5.74, 6) is -0.449. The van der Waals surface area contributed by atoms with Crippen LogP contribution in [0.5, 0.6) is 5.88 Å². The summed E-state index contributed by atoms with van der Waals surface area (Å²) in [4.78, 5) is 9.98. The van der Waals surface area contributed by atoms with Crippen molar-refractivity contribution in [2.75, 3.05) is 20.1 Å². The fourth-order valence-electron chi connectivity index (χ4n) is 3.47. The fourth-order valence-corrected chi connectivity index (χ4v) is 3.47. The Morgan fingerprint density at radius 2 is 2.04 bits per heavy atom. The number of alkyl halides is 3. The molecule has 0 radical (unpaired) electrons. The van der Waals surface area contributed by atoms with Crippen molar-refractivity contribution >= 4 is 27.5 Å². The fraction of sp³-hybridized carbons (Fsp3) is 0.333. The highest BCUT2D eigenvalue weighted by Gasteiger charge is 2.31. The molecule has 0 bridgehead atoms. The van der Waals surface area contributed by atoms with Crippen LogP contribution in [0.25, 0.3) is 27.5 Å². The standard InChI is InChI=1S/C18H17F3N4O/c1-24-6-4-11(5-7-24)12-2-3-14-13(8-12)15-16(17(26)23-10-22-15)25(14)9-18(19,20)21/h2-4,8,10H,5-7,9H2,1H3,(H,22,23,26). The second-order valence-corrected chi connectivity index (χ2v) is 6.57. The minimum atomic E-state index is -4.42. The van der Waals surface area contributed by atoms with Crippen LogP contribution in [0, 0.1) is 0 Å². The van der Waals surface area contributed by atoms with Crippen LogP contribution in [-0.4, -0.2) is 50.9 Å². The van der Waals surface area contributed by atoms with E-state index in [1.165, 1.54) is 5.57 Å². The first-order valence-corrected chi connectivity index (χ1v) is 8.24. The van der Waals surface area contributed by atoms with Crippen LogP contribution < -0.4 is 0 Å². The maximum Gasteiger partial charge on any atom is 0.406 e. The average Bonchev–Trinajstić information content (AvgIpc) is 2.89. The first-order chi connectivity index (χ1) is 12.3. The highest BCUT2D eigenvalue weighted by molar-refractivity contribution is 6.08. The summed E-state index contributed by atoms with van der Waals surface area (Å²) in [6.45, 7) is 0.565. The molecule has 0 aliphatic carbocycles. The van der Waals surface area contributed by atoms with Gasteiger partial charge < -0.3 is 14.6 Å². The second kappa shape index (κ2) is 5.98. The highest BCUT2D eigenvalue weighted by atomic mass is 19.4. The van der Waals surface area contributed by atoms with Crippen LogP contribution in [0.2, 0.25) is 0 Å². The molecule has 0 amide bonds. The summed E-state index contributed by atoms with van der Waals surface area (Å²) in [7, 11) is 2.04. The minimum absolute atomic E-state index is 0.00864. The third-order valence-electron chi connectivity index (χ3n) is 4.74. The van der Waals surface area contributed by atoms with Crippen LogP contribution in [0.15, 0.2) is 30.6 Å². The number of nitrogens with zero attached hydrogens (tertiary/aromatic N) is 4. The number of likely N-dealkylation sites (N-methyl/N-ethyl adjacent to an activating group) is 1. The van der Waals surface area contributed by atoms with E-state index in [4.69, 9.17) is 0 Å². The number of fused-ring (bicyclic) bond motifs is 3. The van der Waals surface area contributed by atoms with Gasteiger partial charge in [0.15, 0.2) is 0 Å². The highest BCUT2D eigenvalue weighted by Crippen LogP contribution is 2.36. The predicted octanol–water partition coefficient (Wildman–Crippen LogP) is 3.57. The first-order valence-electron chi connectivity index (χ1n) is 8.24. The number of rotatable bonds is 2. The van der Waals surface area contributed by atoms with E-state index in [1.807, 2.05) is 19.2 Å². The summed E-state index contributed by atoms with van der Waals surface area (Å²) >= 11 is 0. The number of benzene rings is 1. The Labute approximate surface area is 147 Å². The Kier molecular flexibility index (Phi) is 3.87. The minimum Gasteiger partial charge on any atom is -0.492 e. The van der Waals surface area contributed by atoms with Crippen molar-refractivity contribution in [3.05, 3.63) is 36.2 Å². The number of halogens is 3. The lowest BCUT2D eigenvalue weighted by Crippen LogP contribution is -2.23. The maximum atomic E-state index is 13.1. The molecule has 2 aromatic heterocycles. The summed E-state index contributed by atoms with van der Waals surface area (Å²) in [6.07, 6.45) is -0.248.